The summed E-state index contributed by atoms with van der Waals surface area (Å²) in [4.78, 5) is 74.8. The Morgan fingerprint density at radius 2 is 1.77 bits per heavy atom. The number of hydrogen-bond donors (Lipinski definition) is 3. The number of nitrogens with one attached hydrogen (secondary N) is 3. The Labute approximate surface area is 323 Å². The van der Waals surface area contributed by atoms with E-state index in [2.05, 4.69) is 20.9 Å². The Morgan fingerprint density at radius 1 is 1.06 bits per heavy atom. The van der Waals surface area contributed by atoms with Gasteiger partial charge in [-0.2, -0.15) is 0 Å². The lowest BCUT2D eigenvalue weighted by molar-refractivity contribution is -0.147. The van der Waals surface area contributed by atoms with Crippen molar-refractivity contribution >= 4 is 40.9 Å². The van der Waals surface area contributed by atoms with Gasteiger partial charge in [-0.05, 0) is 76.9 Å². The van der Waals surface area contributed by atoms with E-state index in [1.807, 2.05) is 58.0 Å². The van der Waals surface area contributed by atoms with Crippen molar-refractivity contribution in [2.24, 2.45) is 17.8 Å². The Balaban J connectivity index is 1.84. The predicted molar refractivity (Wildman–Crippen MR) is 208 cm³/mol. The molecule has 12 nitrogen and oxygen atoms in total. The molecule has 4 amide bonds. The van der Waals surface area contributed by atoms with Gasteiger partial charge in [0.15, 0.2) is 0 Å². The van der Waals surface area contributed by atoms with Gasteiger partial charge in [0.05, 0.1) is 24.1 Å². The van der Waals surface area contributed by atoms with Gasteiger partial charge in [-0.3, -0.25) is 28.9 Å². The molecule has 1 fully saturated rings. The van der Waals surface area contributed by atoms with Crippen LogP contribution in [0.15, 0.2) is 35.7 Å². The zero-order valence-electron chi connectivity index (χ0n) is 34.8. The molecule has 0 spiro atoms. The standard InChI is InChI=1S/C40H62N6O6S/c1-11-26(5)34(44-39(51)40(8)19-16-20-45(40)9)37(49)46(10)33(25(3)4)23-31(41-28(7)47)36-43-32(24-53-36)35(48)42-30(21-27(6)38(50)52-12-2)22-29-17-14-13-15-18-29/h13-15,17-18,24-27,30-31,33-34H,11-12,16,19-23H2,1-10H3,(H,41,47)(H,42,48)(H,44,51)/t26-,27-,30+,31+,33+,34-,40-/m0/s1/i8D,9D. The molecule has 294 valence electrons. The highest BCUT2D eigenvalue weighted by Crippen LogP contribution is 2.30. The van der Waals surface area contributed by atoms with Crippen LogP contribution in [0.3, 0.4) is 0 Å². The maximum Gasteiger partial charge on any atom is 0.308 e. The van der Waals surface area contributed by atoms with Crippen molar-refractivity contribution in [2.75, 3.05) is 27.2 Å². The summed E-state index contributed by atoms with van der Waals surface area (Å²) in [6.07, 6.45) is 2.95. The maximum absolute atomic E-state index is 14.3. The third-order valence-electron chi connectivity index (χ3n) is 10.3. The van der Waals surface area contributed by atoms with Gasteiger partial charge in [-0.15, -0.1) is 11.3 Å². The van der Waals surface area contributed by atoms with E-state index in [0.29, 0.717) is 50.1 Å². The number of rotatable bonds is 19. The Kier molecular flexibility index (Phi) is 15.2. The lowest BCUT2D eigenvalue weighted by Crippen LogP contribution is -2.60. The number of esters is 1. The first kappa shape index (κ1) is 40.3. The average molecular weight is 757 g/mol. The largest absolute Gasteiger partial charge is 0.466 e. The number of ether oxygens (including phenoxy) is 1. The first-order chi connectivity index (χ1) is 26.1. The molecule has 1 aliphatic heterocycles. The van der Waals surface area contributed by atoms with Gasteiger partial charge in [-0.25, -0.2) is 4.98 Å². The summed E-state index contributed by atoms with van der Waals surface area (Å²) in [5.41, 5.74) is 0.0427. The molecule has 1 aliphatic rings. The summed E-state index contributed by atoms with van der Waals surface area (Å²) in [5, 5.41) is 11.2. The second-order valence-corrected chi connectivity index (χ2v) is 15.7. The van der Waals surface area contributed by atoms with Crippen LogP contribution in [0.5, 0.6) is 0 Å². The molecule has 0 radical (unpaired) electrons. The van der Waals surface area contributed by atoms with Gasteiger partial charge >= 0.3 is 5.97 Å². The highest BCUT2D eigenvalue weighted by atomic mass is 32.1. The number of aromatic nitrogens is 1. The normalized spacial score (nSPS) is 19.9. The molecule has 2 aromatic rings. The molecule has 53 heavy (non-hydrogen) atoms. The van der Waals surface area contributed by atoms with E-state index in [0.717, 1.165) is 5.56 Å². The first-order valence-electron chi connectivity index (χ1n) is 20.2. The van der Waals surface area contributed by atoms with E-state index in [9.17, 15) is 24.0 Å². The smallest absolute Gasteiger partial charge is 0.308 e. The zero-order valence-corrected chi connectivity index (χ0v) is 33.6. The average Bonchev–Trinajstić information content (AvgIpc) is 3.83. The lowest BCUT2D eigenvalue weighted by atomic mass is 9.91. The van der Waals surface area contributed by atoms with Crippen molar-refractivity contribution in [3.63, 3.8) is 0 Å². The fraction of sp³-hybridized carbons (Fsp3) is 0.650. The van der Waals surface area contributed by atoms with Gasteiger partial charge in [0.1, 0.15) is 16.7 Å². The van der Waals surface area contributed by atoms with Crippen LogP contribution in [0.25, 0.3) is 0 Å². The first-order valence-corrected chi connectivity index (χ1v) is 19.6. The second kappa shape index (κ2) is 20.0. The predicted octanol–water partition coefficient (Wildman–Crippen LogP) is 5.14. The third-order valence-corrected chi connectivity index (χ3v) is 11.3. The zero-order chi connectivity index (χ0) is 40.9. The van der Waals surface area contributed by atoms with E-state index < -0.39 is 41.4 Å². The molecule has 0 saturated carbocycles. The van der Waals surface area contributed by atoms with Crippen LogP contribution in [0.1, 0.15) is 117 Å². The van der Waals surface area contributed by atoms with E-state index in [-0.39, 0.29) is 61.9 Å². The number of hydrogen-bond acceptors (Lipinski definition) is 9. The molecule has 3 rings (SSSR count). The second-order valence-electron chi connectivity index (χ2n) is 14.8. The quantitative estimate of drug-likeness (QED) is 0.167. The maximum atomic E-state index is 14.3. The number of nitrogens with zero attached hydrogens (tertiary/aromatic N) is 3. The highest BCUT2D eigenvalue weighted by Gasteiger charge is 2.44. The van der Waals surface area contributed by atoms with Gasteiger partial charge in [0.2, 0.25) is 17.7 Å². The fourth-order valence-electron chi connectivity index (χ4n) is 6.83. The van der Waals surface area contributed by atoms with Crippen molar-refractivity contribution in [1.29, 1.82) is 0 Å². The van der Waals surface area contributed by atoms with Crippen molar-refractivity contribution in [1.82, 2.24) is 30.7 Å². The topological polar surface area (TPSA) is 150 Å². The van der Waals surface area contributed by atoms with E-state index >= 15 is 0 Å². The molecule has 0 unspecified atom stereocenters. The fourth-order valence-corrected chi connectivity index (χ4v) is 7.69. The number of amides is 4. The Morgan fingerprint density at radius 3 is 2.38 bits per heavy atom. The van der Waals surface area contributed by atoms with Gasteiger partial charge in [0, 0.05) is 34.2 Å². The van der Waals surface area contributed by atoms with E-state index in [1.54, 1.807) is 36.1 Å². The molecule has 0 bridgehead atoms. The molecule has 2 heterocycles. The molecule has 1 saturated heterocycles. The van der Waals surface area contributed by atoms with Gasteiger partial charge < -0.3 is 25.6 Å². The number of likely N-dealkylation sites (N-methyl/N-ethyl adjacent to an activating group) is 2. The molecule has 1 aromatic heterocycles. The summed E-state index contributed by atoms with van der Waals surface area (Å²) in [6.45, 7) is 13.4. The molecular weight excluding hydrogens is 693 g/mol. The van der Waals surface area contributed by atoms with E-state index in [1.165, 1.54) is 18.3 Å². The molecule has 13 heteroatoms. The monoisotopic (exact) mass is 756 g/mol. The number of carbonyl (C=O) groups excluding carboxylic acids is 5. The third kappa shape index (κ3) is 11.8. The summed E-state index contributed by atoms with van der Waals surface area (Å²) >= 11 is 1.24. The van der Waals surface area contributed by atoms with Crippen LogP contribution in [0, 0.1) is 17.8 Å². The van der Waals surface area contributed by atoms with Crippen LogP contribution in [-0.4, -0.2) is 95.3 Å². The molecular formula is C40H62N6O6S. The summed E-state index contributed by atoms with van der Waals surface area (Å²) < 4.78 is 21.4. The summed E-state index contributed by atoms with van der Waals surface area (Å²) in [7, 11) is 1.60. The Hall–Kier alpha value is -3.84. The molecule has 0 aliphatic carbocycles. The van der Waals surface area contributed by atoms with Crippen LogP contribution in [0.4, 0.5) is 0 Å². The van der Waals surface area contributed by atoms with Crippen LogP contribution in [-0.2, 0) is 30.3 Å². The summed E-state index contributed by atoms with van der Waals surface area (Å²) in [5.74, 6) is -2.41. The minimum Gasteiger partial charge on any atom is -0.466 e. The summed E-state index contributed by atoms with van der Waals surface area (Å²) in [6, 6.07) is 7.45. The van der Waals surface area contributed by atoms with Crippen molar-refractivity contribution in [3.8, 4) is 0 Å². The number of thiazole rings is 1. The number of benzene rings is 1. The van der Waals surface area contributed by atoms with Crippen LogP contribution < -0.4 is 16.0 Å². The van der Waals surface area contributed by atoms with Crippen LogP contribution >= 0.6 is 11.3 Å². The SMILES string of the molecule is [2H]CN1CCC[C@@]1(C[2H])C(=O)N[C@H](C(=O)N(C)[C@H](C[C@@H](NC(C)=O)c1nc(C(=O)N[C@@H](Cc2ccccc2)C[C@H](C)C(=O)OCC)cs1)C(C)C)[C@@H](C)CC. The van der Waals surface area contributed by atoms with Crippen molar-refractivity contribution < 1.29 is 31.5 Å². The number of likely N-dealkylation sites (tertiary alicyclic amines) is 1. The molecule has 7 atom stereocenters. The minimum absolute atomic E-state index is 0.0606. The molecule has 3 N–H and O–H groups in total. The highest BCUT2D eigenvalue weighted by molar-refractivity contribution is 7.09. The molecule has 1 aromatic carbocycles. The van der Waals surface area contributed by atoms with Crippen LogP contribution in [0.2, 0.25) is 0 Å². The Bertz CT molecular complexity index is 1580. The van der Waals surface area contributed by atoms with Crippen molar-refractivity contribution in [3.05, 3.63) is 52.0 Å². The lowest BCUT2D eigenvalue weighted by Gasteiger charge is -2.38. The van der Waals surface area contributed by atoms with Gasteiger partial charge in [0.25, 0.3) is 5.91 Å². The van der Waals surface area contributed by atoms with Gasteiger partial charge in [-0.1, -0.05) is 71.4 Å². The number of carbonyl (C=O) groups is 5. The minimum atomic E-state index is -1.14. The van der Waals surface area contributed by atoms with Crippen molar-refractivity contribution in [2.45, 2.75) is 124 Å². The van der Waals surface area contributed by atoms with E-state index in [4.69, 9.17) is 7.48 Å².